The molecule has 0 radical (unpaired) electrons. The van der Waals surface area contributed by atoms with Gasteiger partial charge >= 0.3 is 0 Å². The zero-order chi connectivity index (χ0) is 19.8. The number of carbonyl (C=O) groups excluding carboxylic acids is 2. The van der Waals surface area contributed by atoms with Crippen LogP contribution in [0.25, 0.3) is 0 Å². The van der Waals surface area contributed by atoms with Crippen molar-refractivity contribution in [2.75, 3.05) is 52.5 Å². The number of morpholine rings is 1. The lowest BCUT2D eigenvalue weighted by Crippen LogP contribution is -2.40. The Hall–Kier alpha value is -1.92. The number of carbonyl (C=O) groups is 2. The first kappa shape index (κ1) is 20.8. The molecule has 28 heavy (non-hydrogen) atoms. The normalized spacial score (nSPS) is 18.8. The molecule has 0 saturated carbocycles. The fraction of sp³-hybridized carbons (Fsp3) is 0.636. The number of benzene rings is 1. The smallest absolute Gasteiger partial charge is 0.253 e. The number of rotatable bonds is 7. The van der Waals surface area contributed by atoms with Crippen LogP contribution in [0.15, 0.2) is 24.3 Å². The molecule has 1 aromatic rings. The highest BCUT2D eigenvalue weighted by molar-refractivity contribution is 5.94. The monoisotopic (exact) mass is 387 g/mol. The highest BCUT2D eigenvalue weighted by Gasteiger charge is 2.25. The summed E-state index contributed by atoms with van der Waals surface area (Å²) in [6.45, 7) is 8.87. The van der Waals surface area contributed by atoms with Gasteiger partial charge in [-0.05, 0) is 50.8 Å². The highest BCUT2D eigenvalue weighted by atomic mass is 16.5. The van der Waals surface area contributed by atoms with Crippen LogP contribution in [0.5, 0.6) is 0 Å². The Balaban J connectivity index is 1.30. The number of amides is 2. The summed E-state index contributed by atoms with van der Waals surface area (Å²) in [5.74, 6) is 0.623. The molecule has 2 saturated heterocycles. The molecule has 2 aliphatic rings. The van der Waals surface area contributed by atoms with Gasteiger partial charge < -0.3 is 15.0 Å². The van der Waals surface area contributed by atoms with Crippen LogP contribution in [0.2, 0.25) is 0 Å². The molecule has 6 heteroatoms. The van der Waals surface area contributed by atoms with Crippen LogP contribution in [0.4, 0.5) is 0 Å². The van der Waals surface area contributed by atoms with Gasteiger partial charge in [-0.1, -0.05) is 17.7 Å². The van der Waals surface area contributed by atoms with Gasteiger partial charge in [-0.2, -0.15) is 0 Å². The third-order valence-corrected chi connectivity index (χ3v) is 5.75. The zero-order valence-electron chi connectivity index (χ0n) is 17.0. The van der Waals surface area contributed by atoms with Gasteiger partial charge in [0.25, 0.3) is 5.91 Å². The van der Waals surface area contributed by atoms with E-state index in [-0.39, 0.29) is 11.8 Å². The molecule has 1 N–H and O–H groups in total. The number of hydrogen-bond donors (Lipinski definition) is 1. The SMILES string of the molecule is Cc1ccc(C(=O)N2CCC(CC(=O)NCCCN3CCOCC3)CC2)cc1. The summed E-state index contributed by atoms with van der Waals surface area (Å²) >= 11 is 0. The van der Waals surface area contributed by atoms with E-state index in [0.717, 1.165) is 82.9 Å². The molecular weight excluding hydrogens is 354 g/mol. The summed E-state index contributed by atoms with van der Waals surface area (Å²) in [5, 5.41) is 3.06. The van der Waals surface area contributed by atoms with E-state index < -0.39 is 0 Å². The summed E-state index contributed by atoms with van der Waals surface area (Å²) in [6.07, 6.45) is 3.36. The van der Waals surface area contributed by atoms with Gasteiger partial charge in [0.2, 0.25) is 5.91 Å². The standard InChI is InChI=1S/C22H33N3O3/c1-18-3-5-20(6-4-18)22(27)25-11-7-19(8-12-25)17-21(26)23-9-2-10-24-13-15-28-16-14-24/h3-6,19H,2,7-17H2,1H3,(H,23,26). The van der Waals surface area contributed by atoms with Crippen molar-refractivity contribution in [2.45, 2.75) is 32.6 Å². The number of aryl methyl sites for hydroxylation is 1. The maximum atomic E-state index is 12.6. The lowest BCUT2D eigenvalue weighted by molar-refractivity contribution is -0.122. The second kappa shape index (κ2) is 10.6. The predicted molar refractivity (Wildman–Crippen MR) is 109 cm³/mol. The van der Waals surface area contributed by atoms with Gasteiger partial charge in [0.15, 0.2) is 0 Å². The Morgan fingerprint density at radius 3 is 2.43 bits per heavy atom. The molecule has 0 bridgehead atoms. The van der Waals surface area contributed by atoms with Crippen LogP contribution in [0.1, 0.15) is 41.6 Å². The van der Waals surface area contributed by atoms with Crippen molar-refractivity contribution >= 4 is 11.8 Å². The van der Waals surface area contributed by atoms with Gasteiger partial charge in [0.05, 0.1) is 13.2 Å². The molecular formula is C22H33N3O3. The third-order valence-electron chi connectivity index (χ3n) is 5.75. The lowest BCUT2D eigenvalue weighted by atomic mass is 9.93. The second-order valence-electron chi connectivity index (χ2n) is 7.96. The molecule has 2 aliphatic heterocycles. The zero-order valence-corrected chi connectivity index (χ0v) is 17.0. The topological polar surface area (TPSA) is 61.9 Å². The molecule has 3 rings (SSSR count). The Labute approximate surface area is 168 Å². The first-order chi connectivity index (χ1) is 13.6. The van der Waals surface area contributed by atoms with Crippen LogP contribution in [-0.2, 0) is 9.53 Å². The summed E-state index contributed by atoms with van der Waals surface area (Å²) in [7, 11) is 0. The summed E-state index contributed by atoms with van der Waals surface area (Å²) in [4.78, 5) is 29.1. The molecule has 2 heterocycles. The lowest BCUT2D eigenvalue weighted by Gasteiger charge is -2.32. The number of ether oxygens (including phenoxy) is 1. The van der Waals surface area contributed by atoms with Crippen LogP contribution >= 0.6 is 0 Å². The van der Waals surface area contributed by atoms with Crippen LogP contribution in [0, 0.1) is 12.8 Å². The van der Waals surface area contributed by atoms with Crippen LogP contribution in [-0.4, -0.2) is 74.1 Å². The molecule has 2 amide bonds. The quantitative estimate of drug-likeness (QED) is 0.728. The van der Waals surface area contributed by atoms with Gasteiger partial charge in [-0.3, -0.25) is 14.5 Å². The molecule has 1 aromatic carbocycles. The summed E-state index contributed by atoms with van der Waals surface area (Å²) in [6, 6.07) is 7.75. The number of piperidine rings is 1. The van der Waals surface area contributed by atoms with Crippen molar-refractivity contribution in [3.05, 3.63) is 35.4 Å². The van der Waals surface area contributed by atoms with Gasteiger partial charge in [-0.25, -0.2) is 0 Å². The Kier molecular flexibility index (Phi) is 7.86. The minimum Gasteiger partial charge on any atom is -0.379 e. The third kappa shape index (κ3) is 6.31. The highest BCUT2D eigenvalue weighted by Crippen LogP contribution is 2.22. The average molecular weight is 388 g/mol. The van der Waals surface area contributed by atoms with Crippen molar-refractivity contribution in [2.24, 2.45) is 5.92 Å². The Bertz CT molecular complexity index is 633. The van der Waals surface area contributed by atoms with E-state index in [4.69, 9.17) is 4.74 Å². The maximum Gasteiger partial charge on any atom is 0.253 e. The van der Waals surface area contributed by atoms with E-state index >= 15 is 0 Å². The van der Waals surface area contributed by atoms with Crippen molar-refractivity contribution in [3.63, 3.8) is 0 Å². The number of hydrogen-bond acceptors (Lipinski definition) is 4. The van der Waals surface area contributed by atoms with Gasteiger partial charge in [-0.15, -0.1) is 0 Å². The minimum absolute atomic E-state index is 0.103. The fourth-order valence-electron chi connectivity index (χ4n) is 3.91. The summed E-state index contributed by atoms with van der Waals surface area (Å²) in [5.41, 5.74) is 1.91. The number of nitrogens with one attached hydrogen (secondary N) is 1. The predicted octanol–water partition coefficient (Wildman–Crippen LogP) is 2.08. The molecule has 0 unspecified atom stereocenters. The minimum atomic E-state index is 0.103. The molecule has 0 spiro atoms. The van der Waals surface area contributed by atoms with Crippen molar-refractivity contribution in [3.8, 4) is 0 Å². The average Bonchev–Trinajstić information content (AvgIpc) is 2.73. The van der Waals surface area contributed by atoms with E-state index in [1.54, 1.807) is 0 Å². The molecule has 2 fully saturated rings. The summed E-state index contributed by atoms with van der Waals surface area (Å²) < 4.78 is 5.34. The number of likely N-dealkylation sites (tertiary alicyclic amines) is 1. The second-order valence-corrected chi connectivity index (χ2v) is 7.96. The Morgan fingerprint density at radius 1 is 1.07 bits per heavy atom. The molecule has 6 nitrogen and oxygen atoms in total. The van der Waals surface area contributed by atoms with E-state index in [0.29, 0.717) is 12.3 Å². The first-order valence-electron chi connectivity index (χ1n) is 10.5. The van der Waals surface area contributed by atoms with Crippen LogP contribution < -0.4 is 5.32 Å². The first-order valence-corrected chi connectivity index (χ1v) is 10.5. The van der Waals surface area contributed by atoms with E-state index in [1.807, 2.05) is 36.1 Å². The maximum absolute atomic E-state index is 12.6. The van der Waals surface area contributed by atoms with Gasteiger partial charge in [0.1, 0.15) is 0 Å². The van der Waals surface area contributed by atoms with Crippen molar-refractivity contribution < 1.29 is 14.3 Å². The number of nitrogens with zero attached hydrogens (tertiary/aromatic N) is 2. The van der Waals surface area contributed by atoms with Crippen LogP contribution in [0.3, 0.4) is 0 Å². The molecule has 154 valence electrons. The molecule has 0 aliphatic carbocycles. The van der Waals surface area contributed by atoms with Gasteiger partial charge in [0, 0.05) is 44.7 Å². The van der Waals surface area contributed by atoms with E-state index in [2.05, 4.69) is 10.2 Å². The Morgan fingerprint density at radius 2 is 1.75 bits per heavy atom. The van der Waals surface area contributed by atoms with Crippen molar-refractivity contribution in [1.29, 1.82) is 0 Å². The fourth-order valence-corrected chi connectivity index (χ4v) is 3.91. The van der Waals surface area contributed by atoms with E-state index in [9.17, 15) is 9.59 Å². The van der Waals surface area contributed by atoms with E-state index in [1.165, 1.54) is 0 Å². The van der Waals surface area contributed by atoms with Crippen molar-refractivity contribution in [1.82, 2.24) is 15.1 Å². The molecule has 0 atom stereocenters. The largest absolute Gasteiger partial charge is 0.379 e. The molecule has 0 aromatic heterocycles.